The molecule has 19 heavy (non-hydrogen) atoms. The Morgan fingerprint density at radius 3 is 2.11 bits per heavy atom. The average Bonchev–Trinajstić information content (AvgIpc) is 2.77. The van der Waals surface area contributed by atoms with Crippen molar-refractivity contribution in [2.75, 3.05) is 5.01 Å². The monoisotopic (exact) mass is 250 g/mol. The largest absolute Gasteiger partial charge is 0.259 e. The van der Waals surface area contributed by atoms with Gasteiger partial charge in [-0.1, -0.05) is 48.5 Å². The van der Waals surface area contributed by atoms with Crippen molar-refractivity contribution in [2.45, 2.75) is 25.8 Å². The van der Waals surface area contributed by atoms with Crippen LogP contribution in [0.2, 0.25) is 0 Å². The lowest BCUT2D eigenvalue weighted by molar-refractivity contribution is 0.516. The van der Waals surface area contributed by atoms with Crippen LogP contribution < -0.4 is 5.01 Å². The average molecular weight is 250 g/mol. The van der Waals surface area contributed by atoms with Crippen LogP contribution in [0.25, 0.3) is 0 Å². The molecule has 2 aromatic rings. The normalized spacial score (nSPS) is 17.4. The maximum absolute atomic E-state index is 4.83. The van der Waals surface area contributed by atoms with Crippen molar-refractivity contribution in [1.29, 1.82) is 0 Å². The molecule has 0 unspecified atom stereocenters. The molecule has 0 spiro atoms. The summed E-state index contributed by atoms with van der Waals surface area (Å²) in [5.41, 5.74) is 3.55. The predicted octanol–water partition coefficient (Wildman–Crippen LogP) is 4.08. The van der Waals surface area contributed by atoms with E-state index in [2.05, 4.69) is 67.4 Å². The van der Waals surface area contributed by atoms with E-state index in [4.69, 9.17) is 5.10 Å². The molecule has 0 atom stereocenters. The SMILES string of the molecule is CC1(C)CC(c2ccccc2)=NN1c1ccccc1. The van der Waals surface area contributed by atoms with E-state index in [1.54, 1.807) is 0 Å². The van der Waals surface area contributed by atoms with E-state index < -0.39 is 0 Å². The van der Waals surface area contributed by atoms with Crippen molar-refractivity contribution < 1.29 is 0 Å². The van der Waals surface area contributed by atoms with Crippen molar-refractivity contribution in [2.24, 2.45) is 5.10 Å². The van der Waals surface area contributed by atoms with E-state index in [1.807, 2.05) is 12.1 Å². The van der Waals surface area contributed by atoms with Gasteiger partial charge in [0.2, 0.25) is 0 Å². The smallest absolute Gasteiger partial charge is 0.0706 e. The number of hydrogen-bond donors (Lipinski definition) is 0. The van der Waals surface area contributed by atoms with Crippen molar-refractivity contribution in [3.05, 3.63) is 66.2 Å². The molecule has 0 N–H and O–H groups in total. The Kier molecular flexibility index (Phi) is 2.86. The molecule has 0 aromatic heterocycles. The number of nitrogens with zero attached hydrogens (tertiary/aromatic N) is 2. The van der Waals surface area contributed by atoms with Crippen LogP contribution in [-0.2, 0) is 0 Å². The van der Waals surface area contributed by atoms with E-state index in [1.165, 1.54) is 5.56 Å². The van der Waals surface area contributed by atoms with Gasteiger partial charge in [-0.3, -0.25) is 5.01 Å². The fourth-order valence-corrected chi connectivity index (χ4v) is 2.54. The van der Waals surface area contributed by atoms with Crippen molar-refractivity contribution in [3.8, 4) is 0 Å². The molecular weight excluding hydrogens is 232 g/mol. The topological polar surface area (TPSA) is 15.6 Å². The molecule has 0 aliphatic carbocycles. The van der Waals surface area contributed by atoms with Crippen molar-refractivity contribution in [1.82, 2.24) is 0 Å². The van der Waals surface area contributed by atoms with Gasteiger partial charge in [-0.2, -0.15) is 5.10 Å². The van der Waals surface area contributed by atoms with Crippen LogP contribution in [0.15, 0.2) is 65.8 Å². The van der Waals surface area contributed by atoms with Gasteiger partial charge in [0, 0.05) is 6.42 Å². The lowest BCUT2D eigenvalue weighted by Gasteiger charge is -2.30. The molecular formula is C17H18N2. The first-order chi connectivity index (χ1) is 9.17. The van der Waals surface area contributed by atoms with E-state index >= 15 is 0 Å². The molecule has 2 aromatic carbocycles. The maximum atomic E-state index is 4.83. The fraction of sp³-hybridized carbons (Fsp3) is 0.235. The minimum absolute atomic E-state index is 0.0204. The summed E-state index contributed by atoms with van der Waals surface area (Å²) in [5.74, 6) is 0. The summed E-state index contributed by atoms with van der Waals surface area (Å²) in [5, 5.41) is 6.97. The van der Waals surface area contributed by atoms with Crippen molar-refractivity contribution >= 4 is 11.4 Å². The van der Waals surface area contributed by atoms with Crippen LogP contribution in [-0.4, -0.2) is 11.3 Å². The summed E-state index contributed by atoms with van der Waals surface area (Å²) < 4.78 is 0. The molecule has 0 saturated carbocycles. The summed E-state index contributed by atoms with van der Waals surface area (Å²) >= 11 is 0. The molecule has 96 valence electrons. The third kappa shape index (κ3) is 2.26. The van der Waals surface area contributed by atoms with Crippen LogP contribution in [0.5, 0.6) is 0 Å². The zero-order chi connectivity index (χ0) is 13.3. The van der Waals surface area contributed by atoms with Gasteiger partial charge in [0.1, 0.15) is 0 Å². The third-order valence-electron chi connectivity index (χ3n) is 3.50. The lowest BCUT2D eigenvalue weighted by atomic mass is 9.94. The fourth-order valence-electron chi connectivity index (χ4n) is 2.54. The van der Waals surface area contributed by atoms with Crippen LogP contribution >= 0.6 is 0 Å². The summed E-state index contributed by atoms with van der Waals surface area (Å²) in [6.07, 6.45) is 0.964. The van der Waals surface area contributed by atoms with Crippen LogP contribution in [0.3, 0.4) is 0 Å². The minimum atomic E-state index is 0.0204. The van der Waals surface area contributed by atoms with Crippen LogP contribution in [0, 0.1) is 0 Å². The van der Waals surface area contributed by atoms with Gasteiger partial charge in [0.15, 0.2) is 0 Å². The summed E-state index contributed by atoms with van der Waals surface area (Å²) in [6, 6.07) is 20.8. The number of hydrogen-bond acceptors (Lipinski definition) is 2. The second-order valence-electron chi connectivity index (χ2n) is 5.55. The highest BCUT2D eigenvalue weighted by molar-refractivity contribution is 6.03. The van der Waals surface area contributed by atoms with Crippen molar-refractivity contribution in [3.63, 3.8) is 0 Å². The van der Waals surface area contributed by atoms with E-state index in [9.17, 15) is 0 Å². The molecule has 0 amide bonds. The number of anilines is 1. The molecule has 0 bridgehead atoms. The molecule has 0 radical (unpaired) electrons. The highest BCUT2D eigenvalue weighted by atomic mass is 15.5. The van der Waals surface area contributed by atoms with E-state index in [-0.39, 0.29) is 5.54 Å². The molecule has 1 heterocycles. The van der Waals surface area contributed by atoms with Gasteiger partial charge in [0.05, 0.1) is 16.9 Å². The van der Waals surface area contributed by atoms with Gasteiger partial charge >= 0.3 is 0 Å². The van der Waals surface area contributed by atoms with Gasteiger partial charge in [-0.25, -0.2) is 0 Å². The summed E-state index contributed by atoms with van der Waals surface area (Å²) in [4.78, 5) is 0. The van der Waals surface area contributed by atoms with Gasteiger partial charge in [-0.15, -0.1) is 0 Å². The Hall–Kier alpha value is -2.09. The first-order valence-electron chi connectivity index (χ1n) is 6.65. The standard InChI is InChI=1S/C17H18N2/c1-17(2)13-16(14-9-5-3-6-10-14)18-19(17)15-11-7-4-8-12-15/h3-12H,13H2,1-2H3. The predicted molar refractivity (Wildman–Crippen MR) is 80.6 cm³/mol. The molecule has 1 aliphatic heterocycles. The Bertz CT molecular complexity index is 585. The quantitative estimate of drug-likeness (QED) is 0.784. The number of hydrazone groups is 1. The van der Waals surface area contributed by atoms with E-state index in [0.717, 1.165) is 17.8 Å². The minimum Gasteiger partial charge on any atom is -0.259 e. The third-order valence-corrected chi connectivity index (χ3v) is 3.50. The van der Waals surface area contributed by atoms with Gasteiger partial charge < -0.3 is 0 Å². The van der Waals surface area contributed by atoms with Crippen LogP contribution in [0.4, 0.5) is 5.69 Å². The number of rotatable bonds is 2. The first-order valence-corrected chi connectivity index (χ1v) is 6.65. The Morgan fingerprint density at radius 1 is 0.895 bits per heavy atom. The number of benzene rings is 2. The molecule has 0 saturated heterocycles. The molecule has 1 aliphatic rings. The summed E-state index contributed by atoms with van der Waals surface area (Å²) in [7, 11) is 0. The highest BCUT2D eigenvalue weighted by Crippen LogP contribution is 2.33. The Labute approximate surface area is 114 Å². The van der Waals surface area contributed by atoms with Gasteiger partial charge in [0.25, 0.3) is 0 Å². The number of para-hydroxylation sites is 1. The lowest BCUT2D eigenvalue weighted by Crippen LogP contribution is -2.36. The molecule has 2 nitrogen and oxygen atoms in total. The Balaban J connectivity index is 1.99. The van der Waals surface area contributed by atoms with Gasteiger partial charge in [-0.05, 0) is 31.5 Å². The van der Waals surface area contributed by atoms with Crippen LogP contribution in [0.1, 0.15) is 25.8 Å². The second kappa shape index (κ2) is 4.54. The first kappa shape index (κ1) is 12.0. The molecule has 0 fully saturated rings. The molecule has 3 rings (SSSR count). The zero-order valence-corrected chi connectivity index (χ0v) is 11.4. The highest BCUT2D eigenvalue weighted by Gasteiger charge is 2.35. The maximum Gasteiger partial charge on any atom is 0.0706 e. The summed E-state index contributed by atoms with van der Waals surface area (Å²) in [6.45, 7) is 4.47. The zero-order valence-electron chi connectivity index (χ0n) is 11.4. The Morgan fingerprint density at radius 2 is 1.47 bits per heavy atom. The second-order valence-corrected chi connectivity index (χ2v) is 5.55. The molecule has 2 heteroatoms. The van der Waals surface area contributed by atoms with E-state index in [0.29, 0.717) is 0 Å².